The van der Waals surface area contributed by atoms with Gasteiger partial charge in [0.2, 0.25) is 5.91 Å². The van der Waals surface area contributed by atoms with Crippen molar-refractivity contribution in [3.63, 3.8) is 0 Å². The van der Waals surface area contributed by atoms with Crippen molar-refractivity contribution >= 4 is 11.8 Å². The molecule has 4 rings (SSSR count). The molecular weight excluding hydrogens is 334 g/mol. The van der Waals surface area contributed by atoms with Crippen molar-refractivity contribution in [1.82, 2.24) is 15.4 Å². The summed E-state index contributed by atoms with van der Waals surface area (Å²) in [7, 11) is 0. The second kappa shape index (κ2) is 6.59. The molecule has 142 valence electrons. The second-order valence-electron chi connectivity index (χ2n) is 8.19. The standard InChI is InChI=1S/C19H27N3O4/c1-12-9-15(12)18(24)22-7-3-14(4-8-22)19(5-6-19)20-16(23)11-25-17-10-13(2)26-21-17/h10,12,14-15H,3-9,11H2,1-2H3,(H,20,23). The van der Waals surface area contributed by atoms with Crippen molar-refractivity contribution in [2.75, 3.05) is 19.7 Å². The predicted octanol–water partition coefficient (Wildman–Crippen LogP) is 1.91. The summed E-state index contributed by atoms with van der Waals surface area (Å²) in [6.07, 6.45) is 5.01. The van der Waals surface area contributed by atoms with E-state index in [4.69, 9.17) is 9.26 Å². The van der Waals surface area contributed by atoms with E-state index in [0.717, 1.165) is 45.2 Å². The Morgan fingerprint density at radius 1 is 1.38 bits per heavy atom. The maximum Gasteiger partial charge on any atom is 0.258 e. The Hall–Kier alpha value is -2.05. The molecule has 26 heavy (non-hydrogen) atoms. The van der Waals surface area contributed by atoms with E-state index >= 15 is 0 Å². The minimum absolute atomic E-state index is 0.0510. The highest BCUT2D eigenvalue weighted by Crippen LogP contribution is 2.47. The van der Waals surface area contributed by atoms with Gasteiger partial charge in [-0.05, 0) is 56.0 Å². The molecular formula is C19H27N3O4. The molecule has 7 nitrogen and oxygen atoms in total. The first kappa shape index (κ1) is 17.4. The van der Waals surface area contributed by atoms with Crippen LogP contribution in [-0.2, 0) is 9.59 Å². The summed E-state index contributed by atoms with van der Waals surface area (Å²) < 4.78 is 10.3. The van der Waals surface area contributed by atoms with Gasteiger partial charge in [-0.2, -0.15) is 0 Å². The molecule has 2 amide bonds. The highest BCUT2D eigenvalue weighted by Gasteiger charge is 2.51. The number of nitrogens with one attached hydrogen (secondary N) is 1. The van der Waals surface area contributed by atoms with Crippen LogP contribution in [0, 0.1) is 24.7 Å². The quantitative estimate of drug-likeness (QED) is 0.837. The fraction of sp³-hybridized carbons (Fsp3) is 0.737. The number of carbonyl (C=O) groups is 2. The number of piperidine rings is 1. The topological polar surface area (TPSA) is 84.7 Å². The van der Waals surface area contributed by atoms with E-state index in [2.05, 4.69) is 17.4 Å². The van der Waals surface area contributed by atoms with Gasteiger partial charge in [0.15, 0.2) is 6.61 Å². The van der Waals surface area contributed by atoms with Crippen LogP contribution in [0.3, 0.4) is 0 Å². The van der Waals surface area contributed by atoms with Crippen LogP contribution < -0.4 is 10.1 Å². The first-order valence-corrected chi connectivity index (χ1v) is 9.63. The zero-order chi connectivity index (χ0) is 18.3. The molecule has 0 radical (unpaired) electrons. The third-order valence-electron chi connectivity index (χ3n) is 6.15. The summed E-state index contributed by atoms with van der Waals surface area (Å²) in [5.74, 6) is 2.47. The number of carbonyl (C=O) groups excluding carboxylic acids is 2. The number of aromatic nitrogens is 1. The van der Waals surface area contributed by atoms with Crippen LogP contribution >= 0.6 is 0 Å². The van der Waals surface area contributed by atoms with Crippen LogP contribution in [0.5, 0.6) is 5.88 Å². The maximum absolute atomic E-state index is 12.4. The molecule has 1 aliphatic heterocycles. The molecule has 2 aliphatic carbocycles. The Labute approximate surface area is 153 Å². The molecule has 1 aromatic heterocycles. The normalized spacial score (nSPS) is 27.1. The lowest BCUT2D eigenvalue weighted by Crippen LogP contribution is -2.49. The Balaban J connectivity index is 1.24. The fourth-order valence-corrected chi connectivity index (χ4v) is 4.19. The third kappa shape index (κ3) is 3.57. The number of likely N-dealkylation sites (tertiary alicyclic amines) is 1. The van der Waals surface area contributed by atoms with Crippen LogP contribution in [0.25, 0.3) is 0 Å². The number of hydrogen-bond acceptors (Lipinski definition) is 5. The molecule has 2 unspecified atom stereocenters. The first-order valence-electron chi connectivity index (χ1n) is 9.63. The summed E-state index contributed by atoms with van der Waals surface area (Å²) in [6, 6.07) is 1.66. The molecule has 1 aromatic rings. The lowest BCUT2D eigenvalue weighted by Gasteiger charge is -2.37. The minimum atomic E-state index is -0.117. The number of hydrogen-bond donors (Lipinski definition) is 1. The predicted molar refractivity (Wildman–Crippen MR) is 93.4 cm³/mol. The second-order valence-corrected chi connectivity index (χ2v) is 8.19. The van der Waals surface area contributed by atoms with Gasteiger partial charge in [-0.15, -0.1) is 0 Å². The number of ether oxygens (including phenoxy) is 1. The number of nitrogens with zero attached hydrogens (tertiary/aromatic N) is 2. The van der Waals surface area contributed by atoms with Crippen molar-refractivity contribution < 1.29 is 18.8 Å². The van der Waals surface area contributed by atoms with Gasteiger partial charge in [0.05, 0.1) is 0 Å². The number of amides is 2. The van der Waals surface area contributed by atoms with Crippen molar-refractivity contribution in [1.29, 1.82) is 0 Å². The average Bonchev–Trinajstić information content (AvgIpc) is 3.53. The molecule has 1 saturated heterocycles. The molecule has 1 N–H and O–H groups in total. The van der Waals surface area contributed by atoms with Crippen LogP contribution in [0.4, 0.5) is 0 Å². The van der Waals surface area contributed by atoms with E-state index in [1.807, 2.05) is 4.90 Å². The van der Waals surface area contributed by atoms with E-state index in [1.54, 1.807) is 13.0 Å². The Morgan fingerprint density at radius 2 is 2.08 bits per heavy atom. The summed E-state index contributed by atoms with van der Waals surface area (Å²) in [5.41, 5.74) is -0.0950. The van der Waals surface area contributed by atoms with Gasteiger partial charge in [-0.25, -0.2) is 0 Å². The SMILES string of the molecule is Cc1cc(OCC(=O)NC2(C3CCN(C(=O)C4CC4C)CC3)CC2)no1. The van der Waals surface area contributed by atoms with E-state index in [0.29, 0.717) is 29.4 Å². The van der Waals surface area contributed by atoms with Crippen LogP contribution in [0.15, 0.2) is 10.6 Å². The van der Waals surface area contributed by atoms with Crippen molar-refractivity contribution in [3.05, 3.63) is 11.8 Å². The summed E-state index contributed by atoms with van der Waals surface area (Å²) in [6.45, 7) is 5.51. The molecule has 2 heterocycles. The first-order chi connectivity index (χ1) is 12.5. The molecule has 2 saturated carbocycles. The van der Waals surface area contributed by atoms with Gasteiger partial charge in [0.25, 0.3) is 11.8 Å². The fourth-order valence-electron chi connectivity index (χ4n) is 4.19. The summed E-state index contributed by atoms with van der Waals surface area (Å²) in [5, 5.41) is 6.90. The summed E-state index contributed by atoms with van der Waals surface area (Å²) in [4.78, 5) is 26.7. The van der Waals surface area contributed by atoms with Crippen molar-refractivity contribution in [2.24, 2.45) is 17.8 Å². The van der Waals surface area contributed by atoms with Gasteiger partial charge in [-0.3, -0.25) is 9.59 Å². The molecule has 0 spiro atoms. The largest absolute Gasteiger partial charge is 0.465 e. The third-order valence-corrected chi connectivity index (χ3v) is 6.15. The van der Waals surface area contributed by atoms with Crippen LogP contribution in [-0.4, -0.2) is 47.1 Å². The maximum atomic E-state index is 12.4. The molecule has 3 aliphatic rings. The summed E-state index contributed by atoms with van der Waals surface area (Å²) >= 11 is 0. The molecule has 0 aromatic carbocycles. The van der Waals surface area contributed by atoms with Gasteiger partial charge < -0.3 is 19.5 Å². The van der Waals surface area contributed by atoms with Gasteiger partial charge in [0.1, 0.15) is 5.76 Å². The molecule has 3 fully saturated rings. The van der Waals surface area contributed by atoms with Crippen molar-refractivity contribution in [2.45, 2.75) is 51.5 Å². The van der Waals surface area contributed by atoms with Gasteiger partial charge in [0, 0.05) is 30.6 Å². The zero-order valence-corrected chi connectivity index (χ0v) is 15.5. The molecule has 7 heteroatoms. The number of aryl methyl sites for hydroxylation is 1. The smallest absolute Gasteiger partial charge is 0.258 e. The van der Waals surface area contributed by atoms with Crippen LogP contribution in [0.2, 0.25) is 0 Å². The average molecular weight is 361 g/mol. The van der Waals surface area contributed by atoms with E-state index in [1.165, 1.54) is 0 Å². The lowest BCUT2D eigenvalue weighted by atomic mass is 9.87. The van der Waals surface area contributed by atoms with E-state index in [9.17, 15) is 9.59 Å². The molecule has 0 bridgehead atoms. The molecule has 2 atom stereocenters. The Morgan fingerprint density at radius 3 is 2.62 bits per heavy atom. The highest BCUT2D eigenvalue weighted by molar-refractivity contribution is 5.81. The van der Waals surface area contributed by atoms with Crippen LogP contribution in [0.1, 0.15) is 44.8 Å². The highest BCUT2D eigenvalue weighted by atomic mass is 16.5. The number of rotatable bonds is 6. The van der Waals surface area contributed by atoms with Crippen molar-refractivity contribution in [3.8, 4) is 5.88 Å². The monoisotopic (exact) mass is 361 g/mol. The minimum Gasteiger partial charge on any atom is -0.465 e. The Bertz CT molecular complexity index is 689. The lowest BCUT2D eigenvalue weighted by molar-refractivity contribution is -0.135. The van der Waals surface area contributed by atoms with E-state index < -0.39 is 0 Å². The zero-order valence-electron chi connectivity index (χ0n) is 15.5. The van der Waals surface area contributed by atoms with Gasteiger partial charge >= 0.3 is 0 Å². The van der Waals surface area contributed by atoms with E-state index in [-0.39, 0.29) is 24.0 Å². The Kier molecular flexibility index (Phi) is 4.40. The van der Waals surface area contributed by atoms with Gasteiger partial charge in [-0.1, -0.05) is 6.92 Å².